The number of hydrogen-bond acceptors (Lipinski definition) is 6. The Balaban J connectivity index is 1.64. The van der Waals surface area contributed by atoms with Gasteiger partial charge >= 0.3 is 0 Å². The summed E-state index contributed by atoms with van der Waals surface area (Å²) >= 11 is 6.02. The number of carbonyl (C=O) groups excluding carboxylic acids is 1. The topological polar surface area (TPSA) is 74.0 Å². The fourth-order valence-electron chi connectivity index (χ4n) is 3.91. The molecule has 3 aromatic rings. The molecule has 1 aliphatic rings. The molecule has 0 aliphatic carbocycles. The second kappa shape index (κ2) is 10.2. The van der Waals surface area contributed by atoms with Gasteiger partial charge in [0.2, 0.25) is 5.75 Å². The number of nitrogens with zero attached hydrogens (tertiary/aromatic N) is 2. The number of amides is 1. The van der Waals surface area contributed by atoms with Gasteiger partial charge in [0.25, 0.3) is 5.91 Å². The smallest absolute Gasteiger partial charge is 0.254 e. The van der Waals surface area contributed by atoms with Crippen LogP contribution >= 0.6 is 11.6 Å². The molecule has 0 fully saturated rings. The van der Waals surface area contributed by atoms with E-state index in [1.807, 2.05) is 45.0 Å². The Hall–Kier alpha value is -3.19. The van der Waals surface area contributed by atoms with E-state index in [4.69, 9.17) is 30.3 Å². The van der Waals surface area contributed by atoms with E-state index in [1.54, 1.807) is 17.0 Å². The molecule has 0 atom stereocenters. The third-order valence-corrected chi connectivity index (χ3v) is 5.64. The van der Waals surface area contributed by atoms with Crippen LogP contribution in [0.2, 0.25) is 5.02 Å². The third-order valence-electron chi connectivity index (χ3n) is 5.39. The highest BCUT2D eigenvalue weighted by atomic mass is 35.5. The number of aromatic nitrogens is 1. The van der Waals surface area contributed by atoms with Gasteiger partial charge in [-0.25, -0.2) is 0 Å². The summed E-state index contributed by atoms with van der Waals surface area (Å²) in [5, 5.41) is 4.88. The molecule has 8 heteroatoms. The standard InChI is InChI=1S/C25H27ClN2O5/c1-4-30-21-13-17(14-22(31-5-2)24(21)32-6-3)25(29)28-12-11-20-19(15-28)23(33-27-20)16-7-9-18(26)10-8-16/h7-10,13-14H,4-6,11-12,15H2,1-3H3. The highest BCUT2D eigenvalue weighted by Crippen LogP contribution is 2.40. The first kappa shape index (κ1) is 23.0. The van der Waals surface area contributed by atoms with Crippen molar-refractivity contribution in [3.8, 4) is 28.6 Å². The summed E-state index contributed by atoms with van der Waals surface area (Å²) in [5.74, 6) is 2.06. The van der Waals surface area contributed by atoms with E-state index >= 15 is 0 Å². The molecule has 0 saturated heterocycles. The summed E-state index contributed by atoms with van der Waals surface area (Å²) in [4.78, 5) is 15.3. The fraction of sp³-hybridized carbons (Fsp3) is 0.360. The highest BCUT2D eigenvalue weighted by molar-refractivity contribution is 6.30. The maximum Gasteiger partial charge on any atom is 0.254 e. The first-order valence-corrected chi connectivity index (χ1v) is 11.5. The van der Waals surface area contributed by atoms with Crippen LogP contribution in [-0.2, 0) is 13.0 Å². The molecule has 0 saturated carbocycles. The first-order chi connectivity index (χ1) is 16.0. The summed E-state index contributed by atoms with van der Waals surface area (Å²) in [7, 11) is 0. The SMILES string of the molecule is CCOc1cc(C(=O)N2CCc3noc(-c4ccc(Cl)cc4)c3C2)cc(OCC)c1OCC. The monoisotopic (exact) mass is 470 g/mol. The quantitative estimate of drug-likeness (QED) is 0.439. The number of rotatable bonds is 8. The summed E-state index contributed by atoms with van der Waals surface area (Å²) in [6, 6.07) is 10.8. The average molecular weight is 471 g/mol. The van der Waals surface area contributed by atoms with Gasteiger partial charge in [-0.05, 0) is 57.2 Å². The Kier molecular flexibility index (Phi) is 7.08. The molecule has 1 amide bonds. The largest absolute Gasteiger partial charge is 0.490 e. The van der Waals surface area contributed by atoms with Crippen molar-refractivity contribution >= 4 is 17.5 Å². The summed E-state index contributed by atoms with van der Waals surface area (Å²) < 4.78 is 22.9. The van der Waals surface area contributed by atoms with E-state index in [-0.39, 0.29) is 5.91 Å². The molecule has 0 spiro atoms. The van der Waals surface area contributed by atoms with E-state index < -0.39 is 0 Å². The summed E-state index contributed by atoms with van der Waals surface area (Å²) in [6.45, 7) is 7.97. The lowest BCUT2D eigenvalue weighted by Gasteiger charge is -2.27. The van der Waals surface area contributed by atoms with Gasteiger partial charge in [-0.3, -0.25) is 4.79 Å². The predicted molar refractivity (Wildman–Crippen MR) is 125 cm³/mol. The molecule has 2 heterocycles. The summed E-state index contributed by atoms with van der Waals surface area (Å²) in [6.07, 6.45) is 0.617. The minimum Gasteiger partial charge on any atom is -0.490 e. The van der Waals surface area contributed by atoms with Crippen molar-refractivity contribution in [2.75, 3.05) is 26.4 Å². The van der Waals surface area contributed by atoms with Gasteiger partial charge in [-0.1, -0.05) is 16.8 Å². The Morgan fingerprint density at radius 3 is 2.27 bits per heavy atom. The zero-order valence-electron chi connectivity index (χ0n) is 19.0. The van der Waals surface area contributed by atoms with E-state index in [2.05, 4.69) is 5.16 Å². The van der Waals surface area contributed by atoms with E-state index in [0.29, 0.717) is 72.9 Å². The van der Waals surface area contributed by atoms with Crippen LogP contribution in [-0.4, -0.2) is 42.3 Å². The molecule has 0 bridgehead atoms. The van der Waals surface area contributed by atoms with Crippen molar-refractivity contribution in [1.82, 2.24) is 10.1 Å². The third kappa shape index (κ3) is 4.78. The normalized spacial score (nSPS) is 12.9. The maximum atomic E-state index is 13.5. The zero-order chi connectivity index (χ0) is 23.4. The van der Waals surface area contributed by atoms with Crippen molar-refractivity contribution < 1.29 is 23.5 Å². The van der Waals surface area contributed by atoms with Crippen molar-refractivity contribution in [3.05, 3.63) is 58.2 Å². The Morgan fingerprint density at radius 2 is 1.67 bits per heavy atom. The number of ether oxygens (including phenoxy) is 3. The van der Waals surface area contributed by atoms with Gasteiger partial charge in [-0.2, -0.15) is 0 Å². The Labute approximate surface area is 198 Å². The second-order valence-corrected chi connectivity index (χ2v) is 7.96. The first-order valence-electron chi connectivity index (χ1n) is 11.1. The van der Waals surface area contributed by atoms with Gasteiger partial charge < -0.3 is 23.6 Å². The summed E-state index contributed by atoms with van der Waals surface area (Å²) in [5.41, 5.74) is 3.15. The molecule has 1 aromatic heterocycles. The number of hydrogen-bond donors (Lipinski definition) is 0. The van der Waals surface area contributed by atoms with Crippen LogP contribution in [0.3, 0.4) is 0 Å². The van der Waals surface area contributed by atoms with Crippen molar-refractivity contribution in [2.24, 2.45) is 0 Å². The Morgan fingerprint density at radius 1 is 1.03 bits per heavy atom. The van der Waals surface area contributed by atoms with Gasteiger partial charge in [0, 0.05) is 34.7 Å². The zero-order valence-corrected chi connectivity index (χ0v) is 19.8. The van der Waals surface area contributed by atoms with Crippen LogP contribution < -0.4 is 14.2 Å². The molecular formula is C25H27ClN2O5. The van der Waals surface area contributed by atoms with Crippen LogP contribution in [0.5, 0.6) is 17.2 Å². The molecule has 2 aromatic carbocycles. The van der Waals surface area contributed by atoms with E-state index in [9.17, 15) is 4.79 Å². The van der Waals surface area contributed by atoms with Gasteiger partial charge in [-0.15, -0.1) is 0 Å². The lowest BCUT2D eigenvalue weighted by Crippen LogP contribution is -2.36. The molecule has 7 nitrogen and oxygen atoms in total. The molecule has 33 heavy (non-hydrogen) atoms. The lowest BCUT2D eigenvalue weighted by molar-refractivity contribution is 0.0733. The molecule has 0 N–H and O–H groups in total. The fourth-order valence-corrected chi connectivity index (χ4v) is 4.03. The van der Waals surface area contributed by atoms with Crippen LogP contribution in [0.25, 0.3) is 11.3 Å². The molecule has 1 aliphatic heterocycles. The van der Waals surface area contributed by atoms with Gasteiger partial charge in [0.15, 0.2) is 17.3 Å². The maximum absolute atomic E-state index is 13.5. The molecule has 174 valence electrons. The molecule has 0 radical (unpaired) electrons. The van der Waals surface area contributed by atoms with E-state index in [0.717, 1.165) is 16.8 Å². The highest BCUT2D eigenvalue weighted by Gasteiger charge is 2.29. The number of fused-ring (bicyclic) bond motifs is 1. The van der Waals surface area contributed by atoms with Crippen LogP contribution in [0.4, 0.5) is 0 Å². The predicted octanol–water partition coefficient (Wildman–Crippen LogP) is 5.39. The van der Waals surface area contributed by atoms with Crippen LogP contribution in [0, 0.1) is 0 Å². The minimum atomic E-state index is -0.117. The van der Waals surface area contributed by atoms with Crippen molar-refractivity contribution in [3.63, 3.8) is 0 Å². The lowest BCUT2D eigenvalue weighted by atomic mass is 10.0. The number of carbonyl (C=O) groups is 1. The minimum absolute atomic E-state index is 0.117. The molecular weight excluding hydrogens is 444 g/mol. The van der Waals surface area contributed by atoms with Crippen molar-refractivity contribution in [2.45, 2.75) is 33.7 Å². The number of benzene rings is 2. The Bertz CT molecular complexity index is 1100. The molecule has 4 rings (SSSR count). The van der Waals surface area contributed by atoms with E-state index in [1.165, 1.54) is 0 Å². The second-order valence-electron chi connectivity index (χ2n) is 7.52. The van der Waals surface area contributed by atoms with Crippen LogP contribution in [0.1, 0.15) is 42.4 Å². The average Bonchev–Trinajstić information content (AvgIpc) is 3.24. The molecule has 0 unspecified atom stereocenters. The van der Waals surface area contributed by atoms with Crippen molar-refractivity contribution in [1.29, 1.82) is 0 Å². The number of halogens is 1. The van der Waals surface area contributed by atoms with Crippen LogP contribution in [0.15, 0.2) is 40.9 Å². The van der Waals surface area contributed by atoms with Gasteiger partial charge in [0.05, 0.1) is 32.1 Å². The van der Waals surface area contributed by atoms with Gasteiger partial charge in [0.1, 0.15) is 0 Å².